The minimum atomic E-state index is -0.472. The second kappa shape index (κ2) is 6.08. The van der Waals surface area contributed by atoms with Crippen molar-refractivity contribution in [1.29, 1.82) is 0 Å². The van der Waals surface area contributed by atoms with Crippen molar-refractivity contribution >= 4 is 39.1 Å². The monoisotopic (exact) mass is 338 g/mol. The van der Waals surface area contributed by atoms with Crippen molar-refractivity contribution in [2.45, 2.75) is 10.6 Å². The van der Waals surface area contributed by atoms with Crippen LogP contribution >= 0.6 is 27.7 Å². The molecular weight excluding hydrogens is 328 g/mol. The molecule has 19 heavy (non-hydrogen) atoms. The van der Waals surface area contributed by atoms with Gasteiger partial charge in [0, 0.05) is 21.2 Å². The largest absolute Gasteiger partial charge is 0.393 e. The van der Waals surface area contributed by atoms with Crippen LogP contribution in [0.5, 0.6) is 0 Å². The van der Waals surface area contributed by atoms with Gasteiger partial charge in [-0.25, -0.2) is 0 Å². The third-order valence-corrected chi connectivity index (χ3v) is 4.62. The first-order chi connectivity index (χ1) is 9.08. The lowest BCUT2D eigenvalue weighted by molar-refractivity contribution is -0.383. The van der Waals surface area contributed by atoms with Crippen molar-refractivity contribution in [1.82, 2.24) is 0 Å². The highest BCUT2D eigenvalue weighted by molar-refractivity contribution is 9.10. The maximum atomic E-state index is 10.7. The molecule has 0 aliphatic heterocycles. The molecule has 2 rings (SSSR count). The SMILES string of the molecule is Nc1cc(CSc2ccccc2Br)ccc1[N+](=O)[O-]. The Bertz CT molecular complexity index is 619. The van der Waals surface area contributed by atoms with E-state index in [9.17, 15) is 10.1 Å². The molecule has 2 aromatic carbocycles. The van der Waals surface area contributed by atoms with Crippen LogP contribution in [-0.4, -0.2) is 4.92 Å². The molecule has 0 radical (unpaired) electrons. The molecule has 98 valence electrons. The highest BCUT2D eigenvalue weighted by Crippen LogP contribution is 2.31. The van der Waals surface area contributed by atoms with E-state index in [1.807, 2.05) is 24.3 Å². The third kappa shape index (κ3) is 3.48. The molecule has 0 spiro atoms. The van der Waals surface area contributed by atoms with Gasteiger partial charge in [-0.3, -0.25) is 10.1 Å². The van der Waals surface area contributed by atoms with Crippen LogP contribution in [0.2, 0.25) is 0 Å². The van der Waals surface area contributed by atoms with Gasteiger partial charge in [0.2, 0.25) is 0 Å². The fraction of sp³-hybridized carbons (Fsp3) is 0.0769. The highest BCUT2D eigenvalue weighted by Gasteiger charge is 2.11. The zero-order chi connectivity index (χ0) is 13.8. The Morgan fingerprint density at radius 1 is 1.26 bits per heavy atom. The van der Waals surface area contributed by atoms with Crippen molar-refractivity contribution in [3.8, 4) is 0 Å². The fourth-order valence-electron chi connectivity index (χ4n) is 1.58. The molecular formula is C13H11BrN2O2S. The van der Waals surface area contributed by atoms with Crippen LogP contribution in [0.3, 0.4) is 0 Å². The first-order valence-corrected chi connectivity index (χ1v) is 7.26. The van der Waals surface area contributed by atoms with Crippen LogP contribution < -0.4 is 5.73 Å². The molecule has 0 aromatic heterocycles. The van der Waals surface area contributed by atoms with Gasteiger partial charge in [-0.05, 0) is 39.7 Å². The van der Waals surface area contributed by atoms with E-state index < -0.39 is 4.92 Å². The summed E-state index contributed by atoms with van der Waals surface area (Å²) in [6.07, 6.45) is 0. The molecule has 6 heteroatoms. The van der Waals surface area contributed by atoms with Gasteiger partial charge in [0.1, 0.15) is 5.69 Å². The minimum absolute atomic E-state index is 0.0466. The molecule has 0 saturated heterocycles. The summed E-state index contributed by atoms with van der Waals surface area (Å²) in [6.45, 7) is 0. The summed E-state index contributed by atoms with van der Waals surface area (Å²) < 4.78 is 1.04. The molecule has 0 bridgehead atoms. The number of nitro benzene ring substituents is 1. The average Bonchev–Trinajstić information content (AvgIpc) is 2.37. The minimum Gasteiger partial charge on any atom is -0.393 e. The quantitative estimate of drug-likeness (QED) is 0.392. The highest BCUT2D eigenvalue weighted by atomic mass is 79.9. The van der Waals surface area contributed by atoms with Crippen molar-refractivity contribution in [3.63, 3.8) is 0 Å². The summed E-state index contributed by atoms with van der Waals surface area (Å²) in [6, 6.07) is 12.8. The first kappa shape index (κ1) is 13.9. The Morgan fingerprint density at radius 2 is 2.00 bits per heavy atom. The number of anilines is 1. The van der Waals surface area contributed by atoms with E-state index in [2.05, 4.69) is 15.9 Å². The predicted octanol–water partition coefficient (Wildman–Crippen LogP) is 4.23. The van der Waals surface area contributed by atoms with E-state index in [-0.39, 0.29) is 11.4 Å². The van der Waals surface area contributed by atoms with Crippen molar-refractivity contribution in [2.75, 3.05) is 5.73 Å². The van der Waals surface area contributed by atoms with E-state index in [0.717, 1.165) is 14.9 Å². The maximum absolute atomic E-state index is 10.7. The van der Waals surface area contributed by atoms with Gasteiger partial charge in [-0.2, -0.15) is 0 Å². The molecule has 0 aliphatic rings. The van der Waals surface area contributed by atoms with Crippen molar-refractivity contribution in [3.05, 3.63) is 62.6 Å². The Morgan fingerprint density at radius 3 is 2.63 bits per heavy atom. The molecule has 4 nitrogen and oxygen atoms in total. The van der Waals surface area contributed by atoms with Gasteiger partial charge >= 0.3 is 0 Å². The van der Waals surface area contributed by atoms with Crippen LogP contribution in [0, 0.1) is 10.1 Å². The molecule has 2 aromatic rings. The summed E-state index contributed by atoms with van der Waals surface area (Å²) in [5, 5.41) is 10.7. The first-order valence-electron chi connectivity index (χ1n) is 5.48. The molecule has 0 heterocycles. The number of thioether (sulfide) groups is 1. The second-order valence-electron chi connectivity index (χ2n) is 3.87. The van der Waals surface area contributed by atoms with Gasteiger partial charge < -0.3 is 5.73 Å². The topological polar surface area (TPSA) is 69.2 Å². The number of nitrogen functional groups attached to an aromatic ring is 1. The van der Waals surface area contributed by atoms with E-state index in [1.54, 1.807) is 23.9 Å². The van der Waals surface area contributed by atoms with E-state index >= 15 is 0 Å². The summed E-state index contributed by atoms with van der Waals surface area (Å²) in [5.74, 6) is 0.713. The number of nitrogens with zero attached hydrogens (tertiary/aromatic N) is 1. The Labute approximate surface area is 123 Å². The van der Waals surface area contributed by atoms with Crippen LogP contribution in [-0.2, 0) is 5.75 Å². The van der Waals surface area contributed by atoms with E-state index in [1.165, 1.54) is 6.07 Å². The lowest BCUT2D eigenvalue weighted by Crippen LogP contribution is -1.96. The maximum Gasteiger partial charge on any atom is 0.292 e. The van der Waals surface area contributed by atoms with Crippen molar-refractivity contribution < 1.29 is 4.92 Å². The van der Waals surface area contributed by atoms with Crippen LogP contribution in [0.4, 0.5) is 11.4 Å². The lowest BCUT2D eigenvalue weighted by atomic mass is 10.2. The van der Waals surface area contributed by atoms with Crippen molar-refractivity contribution in [2.24, 2.45) is 0 Å². The van der Waals surface area contributed by atoms with Crippen LogP contribution in [0.25, 0.3) is 0 Å². The third-order valence-electron chi connectivity index (χ3n) is 2.52. The molecule has 0 amide bonds. The zero-order valence-electron chi connectivity index (χ0n) is 9.88. The van der Waals surface area contributed by atoms with Gasteiger partial charge in [0.05, 0.1) is 4.92 Å². The normalized spacial score (nSPS) is 10.4. The number of halogens is 1. The molecule has 0 unspecified atom stereocenters. The van der Waals surface area contributed by atoms with Crippen LogP contribution in [0.1, 0.15) is 5.56 Å². The summed E-state index contributed by atoms with van der Waals surface area (Å²) in [7, 11) is 0. The second-order valence-corrected chi connectivity index (χ2v) is 5.74. The van der Waals surface area contributed by atoms with Gasteiger partial charge in [-0.15, -0.1) is 11.8 Å². The Balaban J connectivity index is 2.11. The Kier molecular flexibility index (Phi) is 4.44. The number of benzene rings is 2. The number of nitrogens with two attached hydrogens (primary N) is 1. The average molecular weight is 339 g/mol. The summed E-state index contributed by atoms with van der Waals surface area (Å²) in [5.41, 5.74) is 6.78. The van der Waals surface area contributed by atoms with Gasteiger partial charge in [-0.1, -0.05) is 18.2 Å². The zero-order valence-corrected chi connectivity index (χ0v) is 12.3. The van der Waals surface area contributed by atoms with Gasteiger partial charge in [0.25, 0.3) is 5.69 Å². The number of nitro groups is 1. The number of hydrogen-bond acceptors (Lipinski definition) is 4. The predicted molar refractivity (Wildman–Crippen MR) is 81.2 cm³/mol. The smallest absolute Gasteiger partial charge is 0.292 e. The molecule has 2 N–H and O–H groups in total. The standard InChI is InChI=1S/C13H11BrN2O2S/c14-10-3-1-2-4-13(10)19-8-9-5-6-12(16(17)18)11(15)7-9/h1-7H,8,15H2. The van der Waals surface area contributed by atoms with Crippen LogP contribution in [0.15, 0.2) is 51.8 Å². The number of rotatable bonds is 4. The summed E-state index contributed by atoms with van der Waals surface area (Å²) >= 11 is 5.13. The lowest BCUT2D eigenvalue weighted by Gasteiger charge is -2.05. The Hall–Kier alpha value is -1.53. The summed E-state index contributed by atoms with van der Waals surface area (Å²) in [4.78, 5) is 11.3. The molecule has 0 atom stereocenters. The molecule has 0 saturated carbocycles. The molecule has 0 aliphatic carbocycles. The van der Waals surface area contributed by atoms with E-state index in [4.69, 9.17) is 5.73 Å². The van der Waals surface area contributed by atoms with E-state index in [0.29, 0.717) is 5.75 Å². The van der Waals surface area contributed by atoms with Gasteiger partial charge in [0.15, 0.2) is 0 Å². The molecule has 0 fully saturated rings. The number of hydrogen-bond donors (Lipinski definition) is 1. The fourth-order valence-corrected chi connectivity index (χ4v) is 3.09.